The predicted molar refractivity (Wildman–Crippen MR) is 95.0 cm³/mol. The van der Waals surface area contributed by atoms with Gasteiger partial charge in [0.15, 0.2) is 0 Å². The predicted octanol–water partition coefficient (Wildman–Crippen LogP) is 5.04. The molecule has 0 saturated carbocycles. The molecular formula is C18H18N2O2S. The first-order valence-electron chi connectivity index (χ1n) is 7.33. The number of aromatic nitrogens is 1. The van der Waals surface area contributed by atoms with Crippen LogP contribution in [0.1, 0.15) is 36.0 Å². The molecule has 0 fully saturated rings. The van der Waals surface area contributed by atoms with Crippen LogP contribution in [0.5, 0.6) is 0 Å². The van der Waals surface area contributed by atoms with E-state index in [0.29, 0.717) is 4.88 Å². The number of hydrogen-bond acceptors (Lipinski definition) is 4. The van der Waals surface area contributed by atoms with Crippen LogP contribution in [0, 0.1) is 0 Å². The molecule has 2 aromatic heterocycles. The first-order chi connectivity index (χ1) is 10.8. The molecule has 23 heavy (non-hydrogen) atoms. The van der Waals surface area contributed by atoms with Crippen molar-refractivity contribution in [3.8, 4) is 0 Å². The zero-order valence-corrected chi connectivity index (χ0v) is 14.1. The summed E-state index contributed by atoms with van der Waals surface area (Å²) in [5, 5.41) is 13.3. The minimum atomic E-state index is -0.910. The third-order valence-corrected chi connectivity index (χ3v) is 4.74. The van der Waals surface area contributed by atoms with Gasteiger partial charge in [0.2, 0.25) is 0 Å². The van der Waals surface area contributed by atoms with Crippen LogP contribution in [0.4, 0.5) is 11.4 Å². The highest BCUT2D eigenvalue weighted by Gasteiger charge is 2.14. The first-order valence-corrected chi connectivity index (χ1v) is 8.14. The molecular weight excluding hydrogens is 308 g/mol. The Labute approximate surface area is 138 Å². The van der Waals surface area contributed by atoms with Crippen molar-refractivity contribution < 1.29 is 9.90 Å². The third kappa shape index (κ3) is 3.19. The zero-order valence-electron chi connectivity index (χ0n) is 13.3. The van der Waals surface area contributed by atoms with E-state index in [1.807, 2.05) is 12.1 Å². The van der Waals surface area contributed by atoms with Crippen molar-refractivity contribution >= 4 is 38.8 Å². The minimum Gasteiger partial charge on any atom is -0.477 e. The average molecular weight is 326 g/mol. The summed E-state index contributed by atoms with van der Waals surface area (Å²) in [6.07, 6.45) is 3.42. The van der Waals surface area contributed by atoms with Gasteiger partial charge in [-0.3, -0.25) is 4.98 Å². The van der Waals surface area contributed by atoms with Crippen molar-refractivity contribution in [1.29, 1.82) is 0 Å². The quantitative estimate of drug-likeness (QED) is 0.708. The molecule has 1 aromatic carbocycles. The molecule has 3 aromatic rings. The van der Waals surface area contributed by atoms with Crippen molar-refractivity contribution in [3.63, 3.8) is 0 Å². The van der Waals surface area contributed by atoms with E-state index in [0.717, 1.165) is 21.5 Å². The maximum Gasteiger partial charge on any atom is 0.345 e. The minimum absolute atomic E-state index is 0.115. The molecule has 118 valence electrons. The van der Waals surface area contributed by atoms with E-state index in [2.05, 4.69) is 43.2 Å². The molecule has 5 heteroatoms. The summed E-state index contributed by atoms with van der Waals surface area (Å²) in [7, 11) is 0. The SMILES string of the molecule is CC(C)(C)c1ccc(Nc2cncc3sc(C(=O)O)cc23)cc1. The molecule has 0 unspecified atom stereocenters. The Morgan fingerprint density at radius 1 is 1.17 bits per heavy atom. The van der Waals surface area contributed by atoms with Crippen LogP contribution >= 0.6 is 11.3 Å². The fourth-order valence-corrected chi connectivity index (χ4v) is 3.27. The molecule has 2 N–H and O–H groups in total. The van der Waals surface area contributed by atoms with Gasteiger partial charge in [-0.1, -0.05) is 32.9 Å². The lowest BCUT2D eigenvalue weighted by Gasteiger charge is -2.19. The lowest BCUT2D eigenvalue weighted by atomic mass is 9.87. The Morgan fingerprint density at radius 2 is 1.87 bits per heavy atom. The Morgan fingerprint density at radius 3 is 2.48 bits per heavy atom. The zero-order chi connectivity index (χ0) is 16.6. The number of thiophene rings is 1. The summed E-state index contributed by atoms with van der Waals surface area (Å²) in [5.41, 5.74) is 3.15. The number of pyridine rings is 1. The second-order valence-corrected chi connectivity index (χ2v) is 7.55. The molecule has 0 amide bonds. The second-order valence-electron chi connectivity index (χ2n) is 6.47. The number of anilines is 2. The maximum atomic E-state index is 11.1. The summed E-state index contributed by atoms with van der Waals surface area (Å²) in [4.78, 5) is 15.7. The van der Waals surface area contributed by atoms with Crippen molar-refractivity contribution in [2.75, 3.05) is 5.32 Å². The molecule has 0 spiro atoms. The lowest BCUT2D eigenvalue weighted by molar-refractivity contribution is 0.0702. The van der Waals surface area contributed by atoms with Gasteiger partial charge in [0.25, 0.3) is 0 Å². The molecule has 0 aliphatic carbocycles. The van der Waals surface area contributed by atoms with E-state index in [1.165, 1.54) is 16.9 Å². The molecule has 3 rings (SSSR count). The number of fused-ring (bicyclic) bond motifs is 1. The van der Waals surface area contributed by atoms with Gasteiger partial charge in [-0.2, -0.15) is 0 Å². The van der Waals surface area contributed by atoms with Crippen LogP contribution in [0.25, 0.3) is 10.1 Å². The first kappa shape index (κ1) is 15.5. The summed E-state index contributed by atoms with van der Waals surface area (Å²) < 4.78 is 0.860. The molecule has 0 aliphatic heterocycles. The highest BCUT2D eigenvalue weighted by Crippen LogP contribution is 2.32. The van der Waals surface area contributed by atoms with E-state index in [1.54, 1.807) is 18.5 Å². The average Bonchev–Trinajstić information content (AvgIpc) is 2.92. The van der Waals surface area contributed by atoms with E-state index in [4.69, 9.17) is 5.11 Å². The number of hydrogen-bond donors (Lipinski definition) is 2. The molecule has 0 bridgehead atoms. The number of aromatic carboxylic acids is 1. The summed E-state index contributed by atoms with van der Waals surface area (Å²) in [6, 6.07) is 9.96. The molecule has 0 aliphatic rings. The lowest BCUT2D eigenvalue weighted by Crippen LogP contribution is -2.10. The smallest absolute Gasteiger partial charge is 0.345 e. The normalized spacial score (nSPS) is 11.6. The van der Waals surface area contributed by atoms with Crippen molar-refractivity contribution in [1.82, 2.24) is 4.98 Å². The topological polar surface area (TPSA) is 62.2 Å². The van der Waals surface area contributed by atoms with E-state index < -0.39 is 5.97 Å². The van der Waals surface area contributed by atoms with Gasteiger partial charge >= 0.3 is 5.97 Å². The second kappa shape index (κ2) is 5.66. The number of carbonyl (C=O) groups is 1. The summed E-state index contributed by atoms with van der Waals surface area (Å²) in [6.45, 7) is 6.54. The van der Waals surface area contributed by atoms with Gasteiger partial charge in [0.1, 0.15) is 4.88 Å². The van der Waals surface area contributed by atoms with Crippen LogP contribution in [-0.4, -0.2) is 16.1 Å². The van der Waals surface area contributed by atoms with Crippen LogP contribution < -0.4 is 5.32 Å². The standard InChI is InChI=1S/C18H18N2O2S/c1-18(2,3)11-4-6-12(7-5-11)20-14-9-19-10-16-13(14)8-15(23-16)17(21)22/h4-10,20H,1-3H3,(H,21,22). The van der Waals surface area contributed by atoms with E-state index in [-0.39, 0.29) is 5.41 Å². The van der Waals surface area contributed by atoms with Crippen molar-refractivity contribution in [3.05, 3.63) is 53.2 Å². The summed E-state index contributed by atoms with van der Waals surface area (Å²) >= 11 is 1.23. The molecule has 0 radical (unpaired) electrons. The molecule has 0 atom stereocenters. The molecule has 4 nitrogen and oxygen atoms in total. The summed E-state index contributed by atoms with van der Waals surface area (Å²) in [5.74, 6) is -0.910. The number of carboxylic acids is 1. The highest BCUT2D eigenvalue weighted by molar-refractivity contribution is 7.20. The van der Waals surface area contributed by atoms with Gasteiger partial charge in [-0.15, -0.1) is 11.3 Å². The Balaban J connectivity index is 1.93. The van der Waals surface area contributed by atoms with Gasteiger partial charge < -0.3 is 10.4 Å². The van der Waals surface area contributed by atoms with Crippen LogP contribution in [-0.2, 0) is 5.41 Å². The van der Waals surface area contributed by atoms with Gasteiger partial charge in [0, 0.05) is 17.3 Å². The maximum absolute atomic E-state index is 11.1. The highest BCUT2D eigenvalue weighted by atomic mass is 32.1. The third-order valence-electron chi connectivity index (χ3n) is 3.69. The number of rotatable bonds is 3. The molecule has 0 saturated heterocycles. The number of benzene rings is 1. The van der Waals surface area contributed by atoms with Gasteiger partial charge in [0.05, 0.1) is 16.6 Å². The van der Waals surface area contributed by atoms with Crippen molar-refractivity contribution in [2.45, 2.75) is 26.2 Å². The Kier molecular flexibility index (Phi) is 3.82. The van der Waals surface area contributed by atoms with Gasteiger partial charge in [-0.05, 0) is 29.2 Å². The number of nitrogens with zero attached hydrogens (tertiary/aromatic N) is 1. The fourth-order valence-electron chi connectivity index (χ4n) is 2.37. The van der Waals surface area contributed by atoms with E-state index in [9.17, 15) is 4.79 Å². The van der Waals surface area contributed by atoms with Crippen molar-refractivity contribution in [2.24, 2.45) is 0 Å². The van der Waals surface area contributed by atoms with E-state index >= 15 is 0 Å². The van der Waals surface area contributed by atoms with Crippen LogP contribution in [0.3, 0.4) is 0 Å². The molecule has 2 heterocycles. The van der Waals surface area contributed by atoms with Crippen LogP contribution in [0.2, 0.25) is 0 Å². The van der Waals surface area contributed by atoms with Crippen LogP contribution in [0.15, 0.2) is 42.7 Å². The van der Waals surface area contributed by atoms with Gasteiger partial charge in [-0.25, -0.2) is 4.79 Å². The Bertz CT molecular complexity index is 861. The largest absolute Gasteiger partial charge is 0.477 e. The number of carboxylic acid groups (broad SMARTS) is 1. The number of nitrogens with one attached hydrogen (secondary N) is 1. The monoisotopic (exact) mass is 326 g/mol. The Hall–Kier alpha value is -2.40. The fraction of sp³-hybridized carbons (Fsp3) is 0.222.